The Morgan fingerprint density at radius 2 is 2.12 bits per heavy atom. The van der Waals surface area contributed by atoms with Crippen molar-refractivity contribution in [2.24, 2.45) is 5.10 Å². The lowest BCUT2D eigenvalue weighted by molar-refractivity contribution is 1.02. The summed E-state index contributed by atoms with van der Waals surface area (Å²) in [5, 5.41) is 11.8. The number of hydrazone groups is 1. The fourth-order valence-corrected chi connectivity index (χ4v) is 1.09. The summed E-state index contributed by atoms with van der Waals surface area (Å²) in [6, 6.07) is 8.89. The Balaban J connectivity index is 1.97. The molecule has 0 aliphatic carbocycles. The second-order valence-electron chi connectivity index (χ2n) is 2.87. The van der Waals surface area contributed by atoms with Crippen molar-refractivity contribution in [3.63, 3.8) is 0 Å². The van der Waals surface area contributed by atoms with Crippen LogP contribution in [0.25, 0.3) is 0 Å². The summed E-state index contributed by atoms with van der Waals surface area (Å²) in [6.45, 7) is 0. The van der Waals surface area contributed by atoms with Crippen LogP contribution in [0.15, 0.2) is 41.6 Å². The summed E-state index contributed by atoms with van der Waals surface area (Å²) < 4.78 is 0. The zero-order valence-corrected chi connectivity index (χ0v) is 8.96. The third kappa shape index (κ3) is 2.99. The molecule has 0 saturated heterocycles. The van der Waals surface area contributed by atoms with Crippen molar-refractivity contribution >= 4 is 23.6 Å². The molecule has 0 aliphatic heterocycles. The van der Waals surface area contributed by atoms with Gasteiger partial charge in [0.1, 0.15) is 0 Å². The van der Waals surface area contributed by atoms with Gasteiger partial charge in [-0.15, -0.1) is 10.2 Å². The van der Waals surface area contributed by atoms with Crippen LogP contribution in [-0.4, -0.2) is 21.4 Å². The Morgan fingerprint density at radius 3 is 2.81 bits per heavy atom. The van der Waals surface area contributed by atoms with Crippen LogP contribution < -0.4 is 5.43 Å². The largest absolute Gasteiger partial charge is 0.260 e. The summed E-state index contributed by atoms with van der Waals surface area (Å²) >= 11 is 5.59. The zero-order chi connectivity index (χ0) is 11.2. The summed E-state index contributed by atoms with van der Waals surface area (Å²) in [5.41, 5.74) is 3.48. The molecule has 6 heteroatoms. The van der Waals surface area contributed by atoms with Crippen molar-refractivity contribution in [3.05, 3.63) is 47.4 Å². The van der Waals surface area contributed by atoms with Crippen molar-refractivity contribution in [3.8, 4) is 0 Å². The second-order valence-corrected chi connectivity index (χ2v) is 3.25. The van der Waals surface area contributed by atoms with Gasteiger partial charge in [0.15, 0.2) is 11.0 Å². The molecular weight excluding hydrogens is 226 g/mol. The highest BCUT2D eigenvalue weighted by Crippen LogP contribution is 2.05. The Labute approximate surface area is 97.2 Å². The van der Waals surface area contributed by atoms with E-state index in [0.29, 0.717) is 11.0 Å². The van der Waals surface area contributed by atoms with E-state index in [1.54, 1.807) is 24.5 Å². The van der Waals surface area contributed by atoms with Gasteiger partial charge in [-0.3, -0.25) is 10.4 Å². The SMILES string of the molecule is Clc1ccc(NN=Cc2ccccn2)nn1. The highest BCUT2D eigenvalue weighted by Gasteiger charge is 1.92. The first-order chi connectivity index (χ1) is 7.84. The molecule has 0 unspecified atom stereocenters. The van der Waals surface area contributed by atoms with E-state index < -0.39 is 0 Å². The van der Waals surface area contributed by atoms with E-state index in [9.17, 15) is 0 Å². The first kappa shape index (κ1) is 10.5. The minimum atomic E-state index is 0.347. The van der Waals surface area contributed by atoms with Crippen molar-refractivity contribution < 1.29 is 0 Å². The van der Waals surface area contributed by atoms with E-state index >= 15 is 0 Å². The van der Waals surface area contributed by atoms with Crippen LogP contribution >= 0.6 is 11.6 Å². The molecule has 0 amide bonds. The maximum atomic E-state index is 5.59. The summed E-state index contributed by atoms with van der Waals surface area (Å²) in [6.07, 6.45) is 3.29. The lowest BCUT2D eigenvalue weighted by Crippen LogP contribution is -1.95. The molecule has 80 valence electrons. The normalized spacial score (nSPS) is 10.6. The third-order valence-corrected chi connectivity index (χ3v) is 1.90. The first-order valence-corrected chi connectivity index (χ1v) is 4.92. The number of halogens is 1. The maximum absolute atomic E-state index is 5.59. The number of hydrogen-bond donors (Lipinski definition) is 1. The Morgan fingerprint density at radius 1 is 1.19 bits per heavy atom. The maximum Gasteiger partial charge on any atom is 0.168 e. The summed E-state index contributed by atoms with van der Waals surface area (Å²) in [5.74, 6) is 0.525. The average molecular weight is 234 g/mol. The highest BCUT2D eigenvalue weighted by atomic mass is 35.5. The number of aromatic nitrogens is 3. The van der Waals surface area contributed by atoms with Crippen LogP contribution in [-0.2, 0) is 0 Å². The fourth-order valence-electron chi connectivity index (χ4n) is 0.993. The molecule has 5 nitrogen and oxygen atoms in total. The molecule has 2 aromatic rings. The molecule has 0 radical (unpaired) electrons. The molecule has 0 atom stereocenters. The van der Waals surface area contributed by atoms with Crippen LogP contribution in [0, 0.1) is 0 Å². The third-order valence-electron chi connectivity index (χ3n) is 1.70. The smallest absolute Gasteiger partial charge is 0.168 e. The van der Waals surface area contributed by atoms with Gasteiger partial charge in [-0.25, -0.2) is 0 Å². The van der Waals surface area contributed by atoms with E-state index in [1.807, 2.05) is 18.2 Å². The number of anilines is 1. The van der Waals surface area contributed by atoms with Crippen molar-refractivity contribution in [2.75, 3.05) is 5.43 Å². The van der Waals surface area contributed by atoms with Crippen LogP contribution in [0.4, 0.5) is 5.82 Å². The Bertz CT molecular complexity index is 468. The molecule has 16 heavy (non-hydrogen) atoms. The molecule has 2 heterocycles. The number of rotatable bonds is 3. The highest BCUT2D eigenvalue weighted by molar-refractivity contribution is 6.29. The molecule has 0 aromatic carbocycles. The van der Waals surface area contributed by atoms with Gasteiger partial charge in [-0.2, -0.15) is 5.10 Å². The number of nitrogens with one attached hydrogen (secondary N) is 1. The van der Waals surface area contributed by atoms with Crippen LogP contribution in [0.5, 0.6) is 0 Å². The van der Waals surface area contributed by atoms with Crippen molar-refractivity contribution in [1.29, 1.82) is 0 Å². The molecule has 0 spiro atoms. The Kier molecular flexibility index (Phi) is 3.40. The van der Waals surface area contributed by atoms with Gasteiger partial charge in [0.05, 0.1) is 11.9 Å². The van der Waals surface area contributed by atoms with Gasteiger partial charge >= 0.3 is 0 Å². The summed E-state index contributed by atoms with van der Waals surface area (Å²) in [4.78, 5) is 4.08. The molecule has 2 rings (SSSR count). The second kappa shape index (κ2) is 5.18. The van der Waals surface area contributed by atoms with E-state index in [4.69, 9.17) is 11.6 Å². The molecule has 0 aliphatic rings. The first-order valence-electron chi connectivity index (χ1n) is 4.54. The van der Waals surface area contributed by atoms with Gasteiger partial charge in [-0.05, 0) is 24.3 Å². The minimum Gasteiger partial charge on any atom is -0.260 e. The van der Waals surface area contributed by atoms with Gasteiger partial charge < -0.3 is 0 Å². The topological polar surface area (TPSA) is 63.1 Å². The molecule has 0 fully saturated rings. The predicted molar refractivity (Wildman–Crippen MR) is 62.5 cm³/mol. The van der Waals surface area contributed by atoms with Crippen molar-refractivity contribution in [1.82, 2.24) is 15.2 Å². The number of nitrogens with zero attached hydrogens (tertiary/aromatic N) is 4. The average Bonchev–Trinajstić information content (AvgIpc) is 2.33. The van der Waals surface area contributed by atoms with E-state index in [-0.39, 0.29) is 0 Å². The fraction of sp³-hybridized carbons (Fsp3) is 0. The predicted octanol–water partition coefficient (Wildman–Crippen LogP) is 1.97. The molecule has 1 N–H and O–H groups in total. The van der Waals surface area contributed by atoms with Gasteiger partial charge in [0, 0.05) is 6.20 Å². The summed E-state index contributed by atoms with van der Waals surface area (Å²) in [7, 11) is 0. The van der Waals surface area contributed by atoms with E-state index in [0.717, 1.165) is 5.69 Å². The van der Waals surface area contributed by atoms with E-state index in [2.05, 4.69) is 25.7 Å². The molecule has 0 bridgehead atoms. The molecular formula is C10H8ClN5. The van der Waals surface area contributed by atoms with Crippen LogP contribution in [0.2, 0.25) is 5.15 Å². The monoisotopic (exact) mass is 233 g/mol. The van der Waals surface area contributed by atoms with Gasteiger partial charge in [0.25, 0.3) is 0 Å². The molecule has 0 saturated carbocycles. The van der Waals surface area contributed by atoms with Crippen LogP contribution in [0.1, 0.15) is 5.69 Å². The lowest BCUT2D eigenvalue weighted by atomic mass is 10.4. The van der Waals surface area contributed by atoms with E-state index in [1.165, 1.54) is 0 Å². The quantitative estimate of drug-likeness (QED) is 0.650. The minimum absolute atomic E-state index is 0.347. The lowest BCUT2D eigenvalue weighted by Gasteiger charge is -1.96. The number of pyridine rings is 1. The van der Waals surface area contributed by atoms with Gasteiger partial charge in [0.2, 0.25) is 0 Å². The standard InChI is InChI=1S/C10H8ClN5/c11-9-4-5-10(16-14-9)15-13-7-8-3-1-2-6-12-8/h1-7H,(H,15,16). The zero-order valence-electron chi connectivity index (χ0n) is 8.21. The van der Waals surface area contributed by atoms with Crippen LogP contribution in [0.3, 0.4) is 0 Å². The molecule has 2 aromatic heterocycles. The number of hydrogen-bond acceptors (Lipinski definition) is 5. The Hall–Kier alpha value is -2.01. The van der Waals surface area contributed by atoms with Crippen molar-refractivity contribution in [2.45, 2.75) is 0 Å². The van der Waals surface area contributed by atoms with Gasteiger partial charge in [-0.1, -0.05) is 17.7 Å².